The summed E-state index contributed by atoms with van der Waals surface area (Å²) in [6, 6.07) is 8.04. The fourth-order valence-electron chi connectivity index (χ4n) is 4.10. The molecule has 3 rings (SSSR count). The minimum atomic E-state index is -0.400. The minimum absolute atomic E-state index is 0.0900. The molecule has 1 aromatic carbocycles. The summed E-state index contributed by atoms with van der Waals surface area (Å²) in [5, 5.41) is 0. The van der Waals surface area contributed by atoms with Gasteiger partial charge in [-0.3, -0.25) is 9.79 Å². The van der Waals surface area contributed by atoms with E-state index in [-0.39, 0.29) is 23.0 Å². The number of Topliss-reactive ketones (excluding diaryl/α,β-unsaturated/α-hetero) is 1. The second-order valence-corrected chi connectivity index (χ2v) is 7.94. The number of hydrogen-bond acceptors (Lipinski definition) is 4. The topological polar surface area (TPSA) is 55.7 Å². The van der Waals surface area contributed by atoms with Gasteiger partial charge >= 0.3 is 5.97 Å². The van der Waals surface area contributed by atoms with E-state index in [0.717, 1.165) is 23.3 Å². The van der Waals surface area contributed by atoms with Crippen LogP contribution in [0.3, 0.4) is 0 Å². The molecule has 25 heavy (non-hydrogen) atoms. The number of aryl methyl sites for hydroxylation is 1. The summed E-state index contributed by atoms with van der Waals surface area (Å²) < 4.78 is 5.01. The van der Waals surface area contributed by atoms with Crippen molar-refractivity contribution in [1.82, 2.24) is 0 Å². The van der Waals surface area contributed by atoms with Gasteiger partial charge in [-0.25, -0.2) is 4.79 Å². The highest BCUT2D eigenvalue weighted by Gasteiger charge is 2.47. The molecule has 132 valence electrons. The maximum atomic E-state index is 13.0. The Morgan fingerprint density at radius 3 is 2.36 bits per heavy atom. The van der Waals surface area contributed by atoms with Gasteiger partial charge in [0.25, 0.3) is 0 Å². The number of methoxy groups -OCH3 is 1. The number of carbonyl (C=O) groups is 2. The van der Waals surface area contributed by atoms with E-state index in [4.69, 9.17) is 4.74 Å². The van der Waals surface area contributed by atoms with Gasteiger partial charge in [0.15, 0.2) is 0 Å². The first-order valence-electron chi connectivity index (χ1n) is 8.69. The molecule has 1 aromatic rings. The lowest BCUT2D eigenvalue weighted by Gasteiger charge is -2.41. The van der Waals surface area contributed by atoms with E-state index in [1.54, 1.807) is 0 Å². The molecular weight excluding hydrogens is 314 g/mol. The van der Waals surface area contributed by atoms with Gasteiger partial charge < -0.3 is 4.74 Å². The second-order valence-electron chi connectivity index (χ2n) is 7.94. The number of carbonyl (C=O) groups excluding carboxylic acids is 2. The molecule has 1 heterocycles. The van der Waals surface area contributed by atoms with Crippen LogP contribution in [0.15, 0.2) is 40.5 Å². The molecule has 0 N–H and O–H groups in total. The molecule has 0 aromatic heterocycles. The Kier molecular flexibility index (Phi) is 4.40. The fraction of sp³-hybridized carbons (Fsp3) is 0.476. The summed E-state index contributed by atoms with van der Waals surface area (Å²) >= 11 is 0. The number of nitrogens with zero attached hydrogens (tertiary/aromatic N) is 1. The van der Waals surface area contributed by atoms with E-state index in [2.05, 4.69) is 18.8 Å². The number of benzene rings is 1. The van der Waals surface area contributed by atoms with Gasteiger partial charge in [0.1, 0.15) is 5.78 Å². The highest BCUT2D eigenvalue weighted by Crippen LogP contribution is 2.46. The van der Waals surface area contributed by atoms with Crippen LogP contribution in [0.25, 0.3) is 0 Å². The Morgan fingerprint density at radius 1 is 1.12 bits per heavy atom. The molecule has 0 radical (unpaired) electrons. The molecule has 4 nitrogen and oxygen atoms in total. The summed E-state index contributed by atoms with van der Waals surface area (Å²) in [5.41, 5.74) is 4.09. The average Bonchev–Trinajstić information content (AvgIpc) is 2.52. The van der Waals surface area contributed by atoms with Crippen molar-refractivity contribution < 1.29 is 14.3 Å². The van der Waals surface area contributed by atoms with Crippen molar-refractivity contribution in [2.75, 3.05) is 7.11 Å². The highest BCUT2D eigenvalue weighted by atomic mass is 16.5. The average molecular weight is 339 g/mol. The van der Waals surface area contributed by atoms with Crippen LogP contribution in [-0.2, 0) is 14.3 Å². The quantitative estimate of drug-likeness (QED) is 0.766. The lowest BCUT2D eigenvalue weighted by molar-refractivity contribution is -0.136. The number of ketones is 1. The van der Waals surface area contributed by atoms with Crippen molar-refractivity contribution in [3.05, 3.63) is 46.7 Å². The lowest BCUT2D eigenvalue weighted by atomic mass is 9.63. The van der Waals surface area contributed by atoms with Crippen LogP contribution in [0.1, 0.15) is 50.7 Å². The van der Waals surface area contributed by atoms with E-state index in [1.807, 2.05) is 38.1 Å². The third-order valence-corrected chi connectivity index (χ3v) is 5.21. The number of rotatable bonds is 2. The maximum absolute atomic E-state index is 13.0. The SMILES string of the molecule is COC(=O)C1=C(C)N=C2CC(C)(C)CC(=O)C2[C@@H]1c1ccc(C)cc1. The zero-order valence-corrected chi connectivity index (χ0v) is 15.6. The van der Waals surface area contributed by atoms with Gasteiger partial charge in [-0.1, -0.05) is 43.7 Å². The Labute approximate surface area is 149 Å². The summed E-state index contributed by atoms with van der Waals surface area (Å²) in [4.78, 5) is 30.1. The fourth-order valence-corrected chi connectivity index (χ4v) is 4.10. The van der Waals surface area contributed by atoms with E-state index in [1.165, 1.54) is 7.11 Å². The molecule has 1 saturated carbocycles. The minimum Gasteiger partial charge on any atom is -0.466 e. The van der Waals surface area contributed by atoms with Crippen LogP contribution in [0.2, 0.25) is 0 Å². The molecule has 1 aliphatic heterocycles. The summed E-state index contributed by atoms with van der Waals surface area (Å²) in [7, 11) is 1.37. The summed E-state index contributed by atoms with van der Waals surface area (Å²) in [5.74, 6) is -0.921. The molecule has 4 heteroatoms. The van der Waals surface area contributed by atoms with E-state index < -0.39 is 5.97 Å². The monoisotopic (exact) mass is 339 g/mol. The molecule has 0 spiro atoms. The highest BCUT2D eigenvalue weighted by molar-refractivity contribution is 6.12. The summed E-state index contributed by atoms with van der Waals surface area (Å²) in [6.07, 6.45) is 1.28. The largest absolute Gasteiger partial charge is 0.466 e. The van der Waals surface area contributed by atoms with Crippen molar-refractivity contribution >= 4 is 17.5 Å². The normalized spacial score (nSPS) is 25.3. The molecule has 0 saturated heterocycles. The van der Waals surface area contributed by atoms with Gasteiger partial charge in [-0.2, -0.15) is 0 Å². The lowest BCUT2D eigenvalue weighted by Crippen LogP contribution is -2.44. The number of esters is 1. The number of fused-ring (bicyclic) bond motifs is 1. The summed E-state index contributed by atoms with van der Waals surface area (Å²) in [6.45, 7) is 8.05. The van der Waals surface area contributed by atoms with Crippen LogP contribution < -0.4 is 0 Å². The Morgan fingerprint density at radius 2 is 1.76 bits per heavy atom. The number of aliphatic imine (C=N–C) groups is 1. The first-order chi connectivity index (χ1) is 11.7. The second kappa shape index (κ2) is 6.25. The van der Waals surface area contributed by atoms with Gasteiger partial charge in [0, 0.05) is 23.7 Å². The third kappa shape index (κ3) is 3.17. The molecule has 0 bridgehead atoms. The predicted octanol–water partition coefficient (Wildman–Crippen LogP) is 3.99. The Balaban J connectivity index is 2.17. The molecule has 0 amide bonds. The molecule has 1 aliphatic carbocycles. The zero-order valence-electron chi connectivity index (χ0n) is 15.6. The first-order valence-corrected chi connectivity index (χ1v) is 8.69. The molecule has 1 fully saturated rings. The van der Waals surface area contributed by atoms with Gasteiger partial charge in [0.05, 0.1) is 18.6 Å². The Bertz CT molecular complexity index is 784. The zero-order chi connectivity index (χ0) is 18.4. The van der Waals surface area contributed by atoms with Crippen LogP contribution >= 0.6 is 0 Å². The number of ether oxygens (including phenoxy) is 1. The first kappa shape index (κ1) is 17.6. The van der Waals surface area contributed by atoms with Crippen LogP contribution in [0.4, 0.5) is 0 Å². The van der Waals surface area contributed by atoms with Gasteiger partial charge in [0.2, 0.25) is 0 Å². The molecule has 2 atom stereocenters. The molecule has 1 unspecified atom stereocenters. The van der Waals surface area contributed by atoms with Crippen molar-refractivity contribution in [1.29, 1.82) is 0 Å². The van der Waals surface area contributed by atoms with E-state index in [0.29, 0.717) is 17.7 Å². The van der Waals surface area contributed by atoms with E-state index >= 15 is 0 Å². The third-order valence-electron chi connectivity index (χ3n) is 5.21. The maximum Gasteiger partial charge on any atom is 0.336 e. The van der Waals surface area contributed by atoms with Gasteiger partial charge in [-0.15, -0.1) is 0 Å². The van der Waals surface area contributed by atoms with Crippen LogP contribution in [-0.4, -0.2) is 24.6 Å². The van der Waals surface area contributed by atoms with Crippen molar-refractivity contribution in [2.24, 2.45) is 16.3 Å². The molecular formula is C21H25NO3. The standard InChI is InChI=1S/C21H25NO3/c1-12-6-8-14(9-7-12)18-17(20(24)25-5)13(2)22-15-10-21(3,4)11-16(23)19(15)18/h6-9,18-19H,10-11H2,1-5H3/t18-,19?/m1/s1. The smallest absolute Gasteiger partial charge is 0.336 e. The number of hydrogen-bond donors (Lipinski definition) is 0. The number of allylic oxidation sites excluding steroid dienone is 1. The Hall–Kier alpha value is -2.23. The van der Waals surface area contributed by atoms with Crippen molar-refractivity contribution in [2.45, 2.75) is 46.5 Å². The van der Waals surface area contributed by atoms with E-state index in [9.17, 15) is 9.59 Å². The van der Waals surface area contributed by atoms with Gasteiger partial charge in [-0.05, 0) is 31.2 Å². The van der Waals surface area contributed by atoms with Crippen molar-refractivity contribution in [3.63, 3.8) is 0 Å². The van der Waals surface area contributed by atoms with Crippen LogP contribution in [0, 0.1) is 18.3 Å². The van der Waals surface area contributed by atoms with Crippen molar-refractivity contribution in [3.8, 4) is 0 Å². The van der Waals surface area contributed by atoms with Crippen LogP contribution in [0.5, 0.6) is 0 Å². The predicted molar refractivity (Wildman–Crippen MR) is 97.6 cm³/mol. The molecule has 2 aliphatic rings.